The molecule has 0 aliphatic heterocycles. The molecule has 0 aromatic heterocycles. The topological polar surface area (TPSA) is 116 Å². The van der Waals surface area contributed by atoms with Gasteiger partial charge in [0.05, 0.1) is 10.5 Å². The average molecular weight is 364 g/mol. The Bertz CT molecular complexity index is 823. The van der Waals surface area contributed by atoms with E-state index in [4.69, 9.17) is 22.1 Å². The zero-order chi connectivity index (χ0) is 18.6. The number of benzene rings is 2. The molecule has 2 aromatic rings. The molecule has 0 spiro atoms. The second-order valence-electron chi connectivity index (χ2n) is 5.02. The van der Waals surface area contributed by atoms with Gasteiger partial charge in [-0.05, 0) is 30.3 Å². The van der Waals surface area contributed by atoms with Crippen LogP contribution in [0.25, 0.3) is 0 Å². The zero-order valence-corrected chi connectivity index (χ0v) is 13.9. The number of nitro benzene ring substituents is 1. The molecule has 8 nitrogen and oxygen atoms in total. The highest BCUT2D eigenvalue weighted by Gasteiger charge is 2.16. The lowest BCUT2D eigenvalue weighted by molar-refractivity contribution is -0.384. The van der Waals surface area contributed by atoms with Gasteiger partial charge < -0.3 is 15.4 Å². The van der Waals surface area contributed by atoms with Crippen molar-refractivity contribution in [2.45, 2.75) is 0 Å². The van der Waals surface area contributed by atoms with Gasteiger partial charge in [-0.3, -0.25) is 19.7 Å². The van der Waals surface area contributed by atoms with Gasteiger partial charge in [-0.1, -0.05) is 11.6 Å². The van der Waals surface area contributed by atoms with Crippen LogP contribution >= 0.6 is 11.6 Å². The molecule has 2 amide bonds. The lowest BCUT2D eigenvalue weighted by atomic mass is 10.2. The largest absolute Gasteiger partial charge is 0.483 e. The van der Waals surface area contributed by atoms with Crippen molar-refractivity contribution < 1.29 is 19.2 Å². The Morgan fingerprint density at radius 3 is 2.44 bits per heavy atom. The van der Waals surface area contributed by atoms with Crippen molar-refractivity contribution in [2.75, 3.05) is 18.6 Å². The highest BCUT2D eigenvalue weighted by atomic mass is 35.5. The van der Waals surface area contributed by atoms with Gasteiger partial charge in [0, 0.05) is 29.9 Å². The SMILES string of the molecule is CN(C(=O)COc1ccc(Cl)cc1C(N)=O)c1ccc([N+](=O)[O-])cc1. The van der Waals surface area contributed by atoms with Gasteiger partial charge in [-0.15, -0.1) is 0 Å². The number of hydrogen-bond donors (Lipinski definition) is 1. The summed E-state index contributed by atoms with van der Waals surface area (Å²) in [4.78, 5) is 35.0. The number of non-ortho nitro benzene ring substituents is 1. The van der Waals surface area contributed by atoms with E-state index >= 15 is 0 Å². The van der Waals surface area contributed by atoms with E-state index in [-0.39, 0.29) is 23.6 Å². The van der Waals surface area contributed by atoms with E-state index < -0.39 is 16.7 Å². The highest BCUT2D eigenvalue weighted by molar-refractivity contribution is 6.31. The van der Waals surface area contributed by atoms with Crippen molar-refractivity contribution in [3.63, 3.8) is 0 Å². The molecular formula is C16H14ClN3O5. The summed E-state index contributed by atoms with van der Waals surface area (Å²) >= 11 is 5.80. The number of ether oxygens (including phenoxy) is 1. The van der Waals surface area contributed by atoms with E-state index in [9.17, 15) is 19.7 Å². The molecule has 0 heterocycles. The van der Waals surface area contributed by atoms with Crippen LogP contribution < -0.4 is 15.4 Å². The summed E-state index contributed by atoms with van der Waals surface area (Å²) in [7, 11) is 1.50. The van der Waals surface area contributed by atoms with Crippen molar-refractivity contribution in [3.8, 4) is 5.75 Å². The number of rotatable bonds is 6. The summed E-state index contributed by atoms with van der Waals surface area (Å²) in [5.41, 5.74) is 5.71. The normalized spacial score (nSPS) is 10.2. The Hall–Kier alpha value is -3.13. The van der Waals surface area contributed by atoms with Gasteiger partial charge in [-0.25, -0.2) is 0 Å². The molecule has 2 rings (SSSR count). The van der Waals surface area contributed by atoms with Crippen LogP contribution in [-0.4, -0.2) is 30.4 Å². The van der Waals surface area contributed by atoms with Crippen LogP contribution in [0.1, 0.15) is 10.4 Å². The summed E-state index contributed by atoms with van der Waals surface area (Å²) < 4.78 is 5.36. The minimum absolute atomic E-state index is 0.0679. The number of nitrogens with two attached hydrogens (primary N) is 1. The number of nitro groups is 1. The molecular weight excluding hydrogens is 350 g/mol. The third kappa shape index (κ3) is 4.45. The van der Waals surface area contributed by atoms with Crippen molar-refractivity contribution in [1.82, 2.24) is 0 Å². The van der Waals surface area contributed by atoms with Crippen LogP contribution in [0.3, 0.4) is 0 Å². The van der Waals surface area contributed by atoms with Crippen molar-refractivity contribution in [1.29, 1.82) is 0 Å². The lowest BCUT2D eigenvalue weighted by Crippen LogP contribution is -2.31. The fraction of sp³-hybridized carbons (Fsp3) is 0.125. The number of hydrogen-bond acceptors (Lipinski definition) is 5. The standard InChI is InChI=1S/C16H14ClN3O5/c1-19(11-3-5-12(6-4-11)20(23)24)15(21)9-25-14-7-2-10(17)8-13(14)16(18)22/h2-8H,9H2,1H3,(H2,18,22). The monoisotopic (exact) mass is 363 g/mol. The first-order valence-corrected chi connectivity index (χ1v) is 7.40. The molecule has 0 fully saturated rings. The van der Waals surface area contributed by atoms with E-state index in [2.05, 4.69) is 0 Å². The molecule has 9 heteroatoms. The third-order valence-corrected chi connectivity index (χ3v) is 3.62. The Labute approximate surface area is 147 Å². The maximum atomic E-state index is 12.2. The number of nitrogens with zero attached hydrogens (tertiary/aromatic N) is 2. The summed E-state index contributed by atoms with van der Waals surface area (Å²) in [6.07, 6.45) is 0. The van der Waals surface area contributed by atoms with Crippen molar-refractivity contribution in [3.05, 3.63) is 63.2 Å². The van der Waals surface area contributed by atoms with Crippen LogP contribution in [0.5, 0.6) is 5.75 Å². The maximum absolute atomic E-state index is 12.2. The molecule has 0 bridgehead atoms. The molecule has 0 saturated carbocycles. The number of likely N-dealkylation sites (N-methyl/N-ethyl adjacent to an activating group) is 1. The van der Waals surface area contributed by atoms with Gasteiger partial charge >= 0.3 is 0 Å². The first kappa shape index (κ1) is 18.2. The first-order chi connectivity index (χ1) is 11.8. The minimum atomic E-state index is -0.728. The van der Waals surface area contributed by atoms with E-state index in [1.54, 1.807) is 0 Å². The van der Waals surface area contributed by atoms with Crippen molar-refractivity contribution in [2.24, 2.45) is 5.73 Å². The summed E-state index contributed by atoms with van der Waals surface area (Å²) in [6.45, 7) is -0.352. The van der Waals surface area contributed by atoms with Crippen LogP contribution in [-0.2, 0) is 4.79 Å². The maximum Gasteiger partial charge on any atom is 0.269 e. The zero-order valence-electron chi connectivity index (χ0n) is 13.1. The molecule has 0 unspecified atom stereocenters. The Kier molecular flexibility index (Phi) is 5.56. The second kappa shape index (κ2) is 7.63. The molecule has 2 N–H and O–H groups in total. The predicted molar refractivity (Wildman–Crippen MR) is 92.0 cm³/mol. The van der Waals surface area contributed by atoms with E-state index in [0.29, 0.717) is 10.7 Å². The molecule has 130 valence electrons. The van der Waals surface area contributed by atoms with Crippen LogP contribution in [0, 0.1) is 10.1 Å². The fourth-order valence-corrected chi connectivity index (χ4v) is 2.17. The number of carbonyl (C=O) groups excluding carboxylic acids is 2. The van der Waals surface area contributed by atoms with Crippen LogP contribution in [0.2, 0.25) is 5.02 Å². The third-order valence-electron chi connectivity index (χ3n) is 3.38. The Morgan fingerprint density at radius 2 is 1.88 bits per heavy atom. The first-order valence-electron chi connectivity index (χ1n) is 7.02. The molecule has 2 aromatic carbocycles. The van der Waals surface area contributed by atoms with Gasteiger partial charge in [0.25, 0.3) is 17.5 Å². The van der Waals surface area contributed by atoms with E-state index in [1.807, 2.05) is 0 Å². The average Bonchev–Trinajstić information content (AvgIpc) is 2.59. The van der Waals surface area contributed by atoms with E-state index in [1.165, 1.54) is 54.4 Å². The summed E-state index contributed by atoms with van der Waals surface area (Å²) in [5, 5.41) is 11.0. The highest BCUT2D eigenvalue weighted by Crippen LogP contribution is 2.23. The number of amides is 2. The quantitative estimate of drug-likeness (QED) is 0.624. The predicted octanol–water partition coefficient (Wildman–Crippen LogP) is 2.39. The number of anilines is 1. The number of halogens is 1. The Balaban J connectivity index is 2.07. The summed E-state index contributed by atoms with van der Waals surface area (Å²) in [6, 6.07) is 9.80. The van der Waals surface area contributed by atoms with E-state index in [0.717, 1.165) is 0 Å². The number of carbonyl (C=O) groups is 2. The minimum Gasteiger partial charge on any atom is -0.483 e. The molecule has 0 radical (unpaired) electrons. The smallest absolute Gasteiger partial charge is 0.269 e. The van der Waals surface area contributed by atoms with Crippen molar-refractivity contribution >= 4 is 34.8 Å². The second-order valence-corrected chi connectivity index (χ2v) is 5.46. The molecule has 0 saturated heterocycles. The molecule has 25 heavy (non-hydrogen) atoms. The van der Waals surface area contributed by atoms with Gasteiger partial charge in [0.15, 0.2) is 6.61 Å². The van der Waals surface area contributed by atoms with Gasteiger partial charge in [-0.2, -0.15) is 0 Å². The molecule has 0 aliphatic carbocycles. The van der Waals surface area contributed by atoms with Gasteiger partial charge in [0.1, 0.15) is 5.75 Å². The molecule has 0 atom stereocenters. The fourth-order valence-electron chi connectivity index (χ4n) is 2.00. The van der Waals surface area contributed by atoms with Gasteiger partial charge in [0.2, 0.25) is 0 Å². The lowest BCUT2D eigenvalue weighted by Gasteiger charge is -2.18. The Morgan fingerprint density at radius 1 is 1.24 bits per heavy atom. The van der Waals surface area contributed by atoms with Crippen LogP contribution in [0.15, 0.2) is 42.5 Å². The molecule has 0 aliphatic rings. The summed E-state index contributed by atoms with van der Waals surface area (Å²) in [5.74, 6) is -1.00. The number of primary amides is 1. The van der Waals surface area contributed by atoms with Crippen LogP contribution in [0.4, 0.5) is 11.4 Å².